The molecule has 1 aliphatic rings. The number of benzene rings is 4. The first kappa shape index (κ1) is 27.0. The number of aryl methyl sites for hydroxylation is 1. The van der Waals surface area contributed by atoms with Crippen molar-refractivity contribution in [1.29, 1.82) is 0 Å². The standard InChI is InChI=1S/C36H39N3O2/c1-27-11-15-29(16-12-27)35(19-20-38-21-23-39(24-22-38)34-9-5-6-10-36(34)40-2)41-31-17-13-28(14-18-31)25-30-26-37-33-8-4-3-7-32(30)33/h3-18,26,35,37H,19-25H2,1-2H3. The third kappa shape index (κ3) is 6.41. The minimum Gasteiger partial charge on any atom is -0.495 e. The summed E-state index contributed by atoms with van der Waals surface area (Å²) in [7, 11) is 1.75. The lowest BCUT2D eigenvalue weighted by Crippen LogP contribution is -2.47. The minimum atomic E-state index is 0.00214. The molecule has 1 saturated heterocycles. The van der Waals surface area contributed by atoms with Crippen LogP contribution in [0.1, 0.15) is 34.8 Å². The van der Waals surface area contributed by atoms with Crippen LogP contribution in [-0.4, -0.2) is 49.7 Å². The molecule has 1 N–H and O–H groups in total. The number of aromatic amines is 1. The molecule has 1 fully saturated rings. The summed E-state index contributed by atoms with van der Waals surface area (Å²) in [5.74, 6) is 1.86. The molecule has 6 rings (SSSR count). The van der Waals surface area contributed by atoms with Crippen LogP contribution in [0.4, 0.5) is 5.69 Å². The molecule has 5 aromatic rings. The third-order valence-electron chi connectivity index (χ3n) is 8.23. The van der Waals surface area contributed by atoms with E-state index in [0.29, 0.717) is 0 Å². The molecule has 0 bridgehead atoms. The predicted octanol–water partition coefficient (Wildman–Crippen LogP) is 7.41. The molecule has 0 saturated carbocycles. The van der Waals surface area contributed by atoms with Gasteiger partial charge in [-0.15, -0.1) is 0 Å². The number of rotatable bonds is 10. The maximum Gasteiger partial charge on any atom is 0.142 e. The van der Waals surface area contributed by atoms with Gasteiger partial charge in [-0.3, -0.25) is 4.90 Å². The molecule has 41 heavy (non-hydrogen) atoms. The van der Waals surface area contributed by atoms with Crippen molar-refractivity contribution in [2.24, 2.45) is 0 Å². The van der Waals surface area contributed by atoms with Gasteiger partial charge in [0.1, 0.15) is 17.6 Å². The predicted molar refractivity (Wildman–Crippen MR) is 168 cm³/mol. The van der Waals surface area contributed by atoms with Crippen LogP contribution in [-0.2, 0) is 6.42 Å². The average Bonchev–Trinajstić information content (AvgIpc) is 3.43. The summed E-state index contributed by atoms with van der Waals surface area (Å²) in [4.78, 5) is 8.38. The molecule has 210 valence electrons. The van der Waals surface area contributed by atoms with E-state index in [1.54, 1.807) is 7.11 Å². The monoisotopic (exact) mass is 545 g/mol. The van der Waals surface area contributed by atoms with Crippen LogP contribution in [0.2, 0.25) is 0 Å². The van der Waals surface area contributed by atoms with E-state index in [1.165, 1.54) is 38.8 Å². The molecule has 1 aliphatic heterocycles. The number of fused-ring (bicyclic) bond motifs is 1. The Morgan fingerprint density at radius 3 is 2.32 bits per heavy atom. The fraction of sp³-hybridized carbons (Fsp3) is 0.278. The Bertz CT molecular complexity index is 1550. The average molecular weight is 546 g/mol. The Morgan fingerprint density at radius 2 is 1.54 bits per heavy atom. The van der Waals surface area contributed by atoms with Crippen molar-refractivity contribution in [3.8, 4) is 11.5 Å². The Balaban J connectivity index is 1.09. The van der Waals surface area contributed by atoms with Gasteiger partial charge in [0.2, 0.25) is 0 Å². The second kappa shape index (κ2) is 12.5. The van der Waals surface area contributed by atoms with Crippen LogP contribution < -0.4 is 14.4 Å². The molecule has 1 unspecified atom stereocenters. The van der Waals surface area contributed by atoms with Gasteiger partial charge >= 0.3 is 0 Å². The number of aromatic nitrogens is 1. The molecule has 5 heteroatoms. The summed E-state index contributed by atoms with van der Waals surface area (Å²) in [5, 5.41) is 1.29. The molecule has 1 atom stereocenters. The molecular formula is C36H39N3O2. The van der Waals surface area contributed by atoms with Crippen molar-refractivity contribution in [2.75, 3.05) is 44.7 Å². The zero-order valence-corrected chi connectivity index (χ0v) is 24.1. The Labute approximate surface area is 243 Å². The maximum absolute atomic E-state index is 6.65. The Hall–Kier alpha value is -4.22. The number of nitrogens with one attached hydrogen (secondary N) is 1. The minimum absolute atomic E-state index is 0.00214. The van der Waals surface area contributed by atoms with Crippen molar-refractivity contribution >= 4 is 16.6 Å². The van der Waals surface area contributed by atoms with Gasteiger partial charge in [0.15, 0.2) is 0 Å². The number of methoxy groups -OCH3 is 1. The highest BCUT2D eigenvalue weighted by Gasteiger charge is 2.22. The number of piperazine rings is 1. The van der Waals surface area contributed by atoms with Crippen molar-refractivity contribution in [2.45, 2.75) is 25.9 Å². The van der Waals surface area contributed by atoms with Crippen molar-refractivity contribution < 1.29 is 9.47 Å². The second-order valence-electron chi connectivity index (χ2n) is 11.0. The number of hydrogen-bond donors (Lipinski definition) is 1. The lowest BCUT2D eigenvalue weighted by atomic mass is 10.0. The topological polar surface area (TPSA) is 40.7 Å². The largest absolute Gasteiger partial charge is 0.495 e. The number of H-pyrrole nitrogens is 1. The first-order chi connectivity index (χ1) is 20.2. The van der Waals surface area contributed by atoms with Crippen LogP contribution in [0.3, 0.4) is 0 Å². The fourth-order valence-electron chi connectivity index (χ4n) is 5.83. The van der Waals surface area contributed by atoms with E-state index in [2.05, 4.69) is 113 Å². The normalized spacial score (nSPS) is 14.7. The van der Waals surface area contributed by atoms with E-state index in [0.717, 1.165) is 57.1 Å². The van der Waals surface area contributed by atoms with E-state index in [4.69, 9.17) is 9.47 Å². The van der Waals surface area contributed by atoms with E-state index in [9.17, 15) is 0 Å². The molecule has 0 radical (unpaired) electrons. The summed E-state index contributed by atoms with van der Waals surface area (Å²) in [6.07, 6.45) is 3.96. The van der Waals surface area contributed by atoms with Gasteiger partial charge in [0.25, 0.3) is 0 Å². The molecule has 0 spiro atoms. The zero-order chi connectivity index (χ0) is 28.0. The molecule has 4 aromatic carbocycles. The van der Waals surface area contributed by atoms with Gasteiger partial charge in [0, 0.05) is 56.2 Å². The van der Waals surface area contributed by atoms with Crippen LogP contribution >= 0.6 is 0 Å². The van der Waals surface area contributed by atoms with Crippen molar-refractivity contribution in [3.63, 3.8) is 0 Å². The first-order valence-electron chi connectivity index (χ1n) is 14.6. The van der Waals surface area contributed by atoms with Crippen LogP contribution in [0, 0.1) is 6.92 Å². The third-order valence-corrected chi connectivity index (χ3v) is 8.23. The lowest BCUT2D eigenvalue weighted by molar-refractivity contribution is 0.160. The SMILES string of the molecule is COc1ccccc1N1CCN(CCC(Oc2ccc(Cc3c[nH]c4ccccc34)cc2)c2ccc(C)cc2)CC1. The number of anilines is 1. The van der Waals surface area contributed by atoms with Crippen LogP contribution in [0.5, 0.6) is 11.5 Å². The second-order valence-corrected chi connectivity index (χ2v) is 11.0. The van der Waals surface area contributed by atoms with Gasteiger partial charge in [-0.25, -0.2) is 0 Å². The van der Waals surface area contributed by atoms with Crippen LogP contribution in [0.15, 0.2) is 103 Å². The number of para-hydroxylation sites is 3. The first-order valence-corrected chi connectivity index (χ1v) is 14.6. The van der Waals surface area contributed by atoms with Gasteiger partial charge in [-0.05, 0) is 60.4 Å². The molecule has 5 nitrogen and oxygen atoms in total. The molecular weight excluding hydrogens is 506 g/mol. The highest BCUT2D eigenvalue weighted by atomic mass is 16.5. The van der Waals surface area contributed by atoms with Gasteiger partial charge in [0.05, 0.1) is 12.8 Å². The highest BCUT2D eigenvalue weighted by molar-refractivity contribution is 5.83. The smallest absolute Gasteiger partial charge is 0.142 e. The maximum atomic E-state index is 6.65. The zero-order valence-electron chi connectivity index (χ0n) is 24.1. The van der Waals surface area contributed by atoms with Gasteiger partial charge < -0.3 is 19.4 Å². The van der Waals surface area contributed by atoms with Crippen molar-refractivity contribution in [3.05, 3.63) is 126 Å². The highest BCUT2D eigenvalue weighted by Crippen LogP contribution is 2.30. The number of ether oxygens (including phenoxy) is 2. The number of nitrogens with zero attached hydrogens (tertiary/aromatic N) is 2. The van der Waals surface area contributed by atoms with E-state index in [1.807, 2.05) is 12.1 Å². The summed E-state index contributed by atoms with van der Waals surface area (Å²) in [5.41, 5.74) is 7.46. The number of hydrogen-bond acceptors (Lipinski definition) is 4. The summed E-state index contributed by atoms with van der Waals surface area (Å²) in [6.45, 7) is 7.18. The summed E-state index contributed by atoms with van der Waals surface area (Å²) < 4.78 is 12.2. The van der Waals surface area contributed by atoms with Crippen LogP contribution in [0.25, 0.3) is 10.9 Å². The lowest BCUT2D eigenvalue weighted by Gasteiger charge is -2.37. The molecule has 1 aromatic heterocycles. The summed E-state index contributed by atoms with van der Waals surface area (Å²) >= 11 is 0. The quantitative estimate of drug-likeness (QED) is 0.198. The van der Waals surface area contributed by atoms with E-state index >= 15 is 0 Å². The summed E-state index contributed by atoms with van der Waals surface area (Å²) in [6, 6.07) is 34.2. The molecule has 0 aliphatic carbocycles. The van der Waals surface area contributed by atoms with Crippen molar-refractivity contribution in [1.82, 2.24) is 9.88 Å². The Morgan fingerprint density at radius 1 is 0.805 bits per heavy atom. The Kier molecular flexibility index (Phi) is 8.24. The van der Waals surface area contributed by atoms with E-state index in [-0.39, 0.29) is 6.10 Å². The van der Waals surface area contributed by atoms with Gasteiger partial charge in [-0.1, -0.05) is 72.3 Å². The molecule has 2 heterocycles. The fourth-order valence-corrected chi connectivity index (χ4v) is 5.83. The van der Waals surface area contributed by atoms with Gasteiger partial charge in [-0.2, -0.15) is 0 Å². The van der Waals surface area contributed by atoms with E-state index < -0.39 is 0 Å². The molecule has 0 amide bonds.